The number of carbonyl (C=O) groups is 2. The third kappa shape index (κ3) is 8.81. The maximum Gasteiger partial charge on any atom is 0.326 e. The Balaban J connectivity index is 3.85. The Kier molecular flexibility index (Phi) is 9.00. The molecule has 0 radical (unpaired) electrons. The quantitative estimate of drug-likeness (QED) is 0.461. The molecule has 0 aliphatic rings. The van der Waals surface area contributed by atoms with E-state index in [1.165, 1.54) is 0 Å². The standard InChI is InChI=1S/C12H25N3O3/c1-4-13-6-5-7-14-12(18)15-10(11(16)17)8-9(2)3/h9-10,13H,4-8H2,1-3H3,(H,16,17)(H2,14,15,18)/t10-/m1/s1. The first kappa shape index (κ1) is 16.7. The van der Waals surface area contributed by atoms with Gasteiger partial charge in [-0.3, -0.25) is 0 Å². The molecule has 6 nitrogen and oxygen atoms in total. The summed E-state index contributed by atoms with van der Waals surface area (Å²) < 4.78 is 0. The van der Waals surface area contributed by atoms with Crippen molar-refractivity contribution in [1.82, 2.24) is 16.0 Å². The summed E-state index contributed by atoms with van der Waals surface area (Å²) in [4.78, 5) is 22.4. The van der Waals surface area contributed by atoms with Crippen LogP contribution in [0.2, 0.25) is 0 Å². The van der Waals surface area contributed by atoms with Gasteiger partial charge in [0.15, 0.2) is 0 Å². The van der Waals surface area contributed by atoms with Crippen LogP contribution in [0.4, 0.5) is 4.79 Å². The molecule has 106 valence electrons. The van der Waals surface area contributed by atoms with Crippen LogP contribution in [-0.4, -0.2) is 42.8 Å². The first-order valence-corrected chi connectivity index (χ1v) is 6.45. The molecule has 0 aromatic rings. The SMILES string of the molecule is CCNCCCNC(=O)N[C@H](CC(C)C)C(=O)O. The molecule has 0 aliphatic carbocycles. The Bertz CT molecular complexity index is 257. The lowest BCUT2D eigenvalue weighted by Crippen LogP contribution is -2.47. The van der Waals surface area contributed by atoms with Gasteiger partial charge in [-0.05, 0) is 31.8 Å². The van der Waals surface area contributed by atoms with E-state index in [1.807, 2.05) is 20.8 Å². The minimum atomic E-state index is -0.994. The van der Waals surface area contributed by atoms with Crippen LogP contribution in [0, 0.1) is 5.92 Å². The van der Waals surface area contributed by atoms with Crippen molar-refractivity contribution in [1.29, 1.82) is 0 Å². The second kappa shape index (κ2) is 9.70. The van der Waals surface area contributed by atoms with E-state index in [0.29, 0.717) is 13.0 Å². The monoisotopic (exact) mass is 259 g/mol. The van der Waals surface area contributed by atoms with Gasteiger partial charge in [-0.15, -0.1) is 0 Å². The highest BCUT2D eigenvalue weighted by molar-refractivity contribution is 5.82. The number of aliphatic carboxylic acids is 1. The summed E-state index contributed by atoms with van der Waals surface area (Å²) in [6, 6.07) is -1.24. The van der Waals surface area contributed by atoms with Crippen LogP contribution in [0.5, 0.6) is 0 Å². The Hall–Kier alpha value is -1.30. The number of hydrogen-bond donors (Lipinski definition) is 4. The molecule has 0 aromatic carbocycles. The molecule has 18 heavy (non-hydrogen) atoms. The zero-order valence-electron chi connectivity index (χ0n) is 11.5. The number of carbonyl (C=O) groups excluding carboxylic acids is 1. The van der Waals surface area contributed by atoms with Gasteiger partial charge >= 0.3 is 12.0 Å². The summed E-state index contributed by atoms with van der Waals surface area (Å²) in [5.74, 6) is -0.772. The van der Waals surface area contributed by atoms with Crippen molar-refractivity contribution in [3.05, 3.63) is 0 Å². The highest BCUT2D eigenvalue weighted by atomic mass is 16.4. The topological polar surface area (TPSA) is 90.5 Å². The van der Waals surface area contributed by atoms with E-state index in [1.54, 1.807) is 0 Å². The Morgan fingerprint density at radius 3 is 2.39 bits per heavy atom. The molecule has 4 N–H and O–H groups in total. The lowest BCUT2D eigenvalue weighted by atomic mass is 10.0. The highest BCUT2D eigenvalue weighted by Crippen LogP contribution is 2.04. The minimum Gasteiger partial charge on any atom is -0.480 e. The Morgan fingerprint density at radius 1 is 1.22 bits per heavy atom. The predicted octanol–water partition coefficient (Wildman–Crippen LogP) is 0.785. The predicted molar refractivity (Wildman–Crippen MR) is 70.6 cm³/mol. The van der Waals surface area contributed by atoms with Crippen molar-refractivity contribution >= 4 is 12.0 Å². The zero-order valence-corrected chi connectivity index (χ0v) is 11.5. The van der Waals surface area contributed by atoms with Crippen molar-refractivity contribution in [3.8, 4) is 0 Å². The van der Waals surface area contributed by atoms with Crippen molar-refractivity contribution in [2.45, 2.75) is 39.7 Å². The van der Waals surface area contributed by atoms with Crippen LogP contribution in [0.1, 0.15) is 33.6 Å². The van der Waals surface area contributed by atoms with Crippen LogP contribution in [0.15, 0.2) is 0 Å². The molecular formula is C12H25N3O3. The van der Waals surface area contributed by atoms with Crippen LogP contribution in [0.3, 0.4) is 0 Å². The number of carboxylic acid groups (broad SMARTS) is 1. The average Bonchev–Trinajstić information content (AvgIpc) is 2.27. The molecule has 1 atom stereocenters. The molecule has 0 fully saturated rings. The van der Waals surface area contributed by atoms with Gasteiger partial charge in [0.25, 0.3) is 0 Å². The summed E-state index contributed by atoms with van der Waals surface area (Å²) >= 11 is 0. The molecular weight excluding hydrogens is 234 g/mol. The molecule has 0 rings (SSSR count). The van der Waals surface area contributed by atoms with Gasteiger partial charge in [-0.1, -0.05) is 20.8 Å². The number of nitrogens with one attached hydrogen (secondary N) is 3. The minimum absolute atomic E-state index is 0.222. The van der Waals surface area contributed by atoms with Gasteiger partial charge in [-0.2, -0.15) is 0 Å². The fourth-order valence-corrected chi connectivity index (χ4v) is 1.49. The molecule has 0 aromatic heterocycles. The third-order valence-electron chi connectivity index (χ3n) is 2.38. The molecule has 0 spiro atoms. The van der Waals surface area contributed by atoms with Crippen molar-refractivity contribution in [2.75, 3.05) is 19.6 Å². The van der Waals surface area contributed by atoms with E-state index >= 15 is 0 Å². The zero-order chi connectivity index (χ0) is 14.0. The largest absolute Gasteiger partial charge is 0.480 e. The summed E-state index contributed by atoms with van der Waals surface area (Å²) in [5, 5.41) is 17.2. The summed E-state index contributed by atoms with van der Waals surface area (Å²) in [5.41, 5.74) is 0. The van der Waals surface area contributed by atoms with Gasteiger partial charge in [0.2, 0.25) is 0 Å². The molecule has 0 heterocycles. The number of hydrogen-bond acceptors (Lipinski definition) is 3. The fourth-order valence-electron chi connectivity index (χ4n) is 1.49. The maximum absolute atomic E-state index is 11.5. The van der Waals surface area contributed by atoms with Crippen LogP contribution in [0.25, 0.3) is 0 Å². The molecule has 2 amide bonds. The summed E-state index contributed by atoms with van der Waals surface area (Å²) in [6.07, 6.45) is 1.25. The van der Waals surface area contributed by atoms with E-state index in [2.05, 4.69) is 16.0 Å². The first-order chi connectivity index (χ1) is 8.47. The van der Waals surface area contributed by atoms with Crippen LogP contribution >= 0.6 is 0 Å². The second-order valence-corrected chi connectivity index (χ2v) is 4.63. The highest BCUT2D eigenvalue weighted by Gasteiger charge is 2.20. The van der Waals surface area contributed by atoms with Gasteiger partial charge < -0.3 is 21.1 Å². The Morgan fingerprint density at radius 2 is 1.89 bits per heavy atom. The van der Waals surface area contributed by atoms with Crippen molar-refractivity contribution in [2.24, 2.45) is 5.92 Å². The number of carboxylic acids is 1. The normalized spacial score (nSPS) is 12.2. The third-order valence-corrected chi connectivity index (χ3v) is 2.38. The van der Waals surface area contributed by atoms with E-state index in [9.17, 15) is 9.59 Å². The van der Waals surface area contributed by atoms with Crippen LogP contribution < -0.4 is 16.0 Å². The fraction of sp³-hybridized carbons (Fsp3) is 0.833. The van der Waals surface area contributed by atoms with Gasteiger partial charge in [-0.25, -0.2) is 9.59 Å². The van der Waals surface area contributed by atoms with E-state index in [4.69, 9.17) is 5.11 Å². The first-order valence-electron chi connectivity index (χ1n) is 6.45. The summed E-state index contributed by atoms with van der Waals surface area (Å²) in [7, 11) is 0. The van der Waals surface area contributed by atoms with Crippen molar-refractivity contribution < 1.29 is 14.7 Å². The summed E-state index contributed by atoms with van der Waals surface area (Å²) in [6.45, 7) is 8.14. The Labute approximate surface area is 109 Å². The molecule has 0 unspecified atom stereocenters. The molecule has 0 bridgehead atoms. The second-order valence-electron chi connectivity index (χ2n) is 4.63. The van der Waals surface area contributed by atoms with Crippen molar-refractivity contribution in [3.63, 3.8) is 0 Å². The van der Waals surface area contributed by atoms with Gasteiger partial charge in [0, 0.05) is 6.54 Å². The van der Waals surface area contributed by atoms with E-state index in [-0.39, 0.29) is 5.92 Å². The number of rotatable bonds is 9. The smallest absolute Gasteiger partial charge is 0.326 e. The number of urea groups is 1. The number of amides is 2. The van der Waals surface area contributed by atoms with E-state index in [0.717, 1.165) is 19.5 Å². The maximum atomic E-state index is 11.5. The van der Waals surface area contributed by atoms with Crippen LogP contribution in [-0.2, 0) is 4.79 Å². The van der Waals surface area contributed by atoms with Gasteiger partial charge in [0.1, 0.15) is 6.04 Å². The van der Waals surface area contributed by atoms with E-state index < -0.39 is 18.0 Å². The molecule has 0 saturated carbocycles. The molecule has 6 heteroatoms. The molecule has 0 aliphatic heterocycles. The lowest BCUT2D eigenvalue weighted by Gasteiger charge is -2.16. The lowest BCUT2D eigenvalue weighted by molar-refractivity contribution is -0.139. The van der Waals surface area contributed by atoms with Gasteiger partial charge in [0.05, 0.1) is 0 Å². The average molecular weight is 259 g/mol. The molecule has 0 saturated heterocycles.